The molecule has 0 bridgehead atoms. The van der Waals surface area contributed by atoms with Gasteiger partial charge in [0.1, 0.15) is 0 Å². The molecule has 6 heteroatoms. The molecule has 4 nitrogen and oxygen atoms in total. The van der Waals surface area contributed by atoms with Crippen molar-refractivity contribution >= 4 is 31.5 Å². The van der Waals surface area contributed by atoms with Crippen LogP contribution >= 0.6 is 15.9 Å². The lowest BCUT2D eigenvalue weighted by molar-refractivity contribution is 0.563. The fourth-order valence-corrected chi connectivity index (χ4v) is 4.05. The topological polar surface area (TPSA) is 63.4 Å². The molecule has 1 heterocycles. The van der Waals surface area contributed by atoms with Crippen LogP contribution in [-0.2, 0) is 9.84 Å². The molecule has 0 saturated carbocycles. The zero-order valence-corrected chi connectivity index (χ0v) is 11.7. The van der Waals surface area contributed by atoms with Crippen molar-refractivity contribution in [3.05, 3.63) is 28.7 Å². The SMILES string of the molecule is NCC1CN(c2ccccc2Br)CCS1(=O)=O. The zero-order chi connectivity index (χ0) is 12.5. The number of anilines is 1. The normalized spacial score (nSPS) is 23.6. The summed E-state index contributed by atoms with van der Waals surface area (Å²) in [4.78, 5) is 2.07. The van der Waals surface area contributed by atoms with Gasteiger partial charge < -0.3 is 10.6 Å². The largest absolute Gasteiger partial charge is 0.368 e. The van der Waals surface area contributed by atoms with E-state index in [9.17, 15) is 8.42 Å². The van der Waals surface area contributed by atoms with E-state index in [4.69, 9.17) is 5.73 Å². The van der Waals surface area contributed by atoms with Gasteiger partial charge in [-0.05, 0) is 28.1 Å². The van der Waals surface area contributed by atoms with Crippen LogP contribution in [0.15, 0.2) is 28.7 Å². The Bertz CT molecular complexity index is 504. The fraction of sp³-hybridized carbons (Fsp3) is 0.455. The smallest absolute Gasteiger partial charge is 0.157 e. The van der Waals surface area contributed by atoms with Crippen LogP contribution in [0.25, 0.3) is 0 Å². The van der Waals surface area contributed by atoms with Crippen molar-refractivity contribution in [2.45, 2.75) is 5.25 Å². The van der Waals surface area contributed by atoms with E-state index >= 15 is 0 Å². The Balaban J connectivity index is 2.24. The van der Waals surface area contributed by atoms with Crippen LogP contribution in [0.4, 0.5) is 5.69 Å². The third-order valence-electron chi connectivity index (χ3n) is 3.03. The van der Waals surface area contributed by atoms with Crippen molar-refractivity contribution in [2.75, 3.05) is 30.3 Å². The molecule has 1 aromatic carbocycles. The number of rotatable bonds is 2. The molecule has 0 spiro atoms. The molecule has 1 saturated heterocycles. The highest BCUT2D eigenvalue weighted by Crippen LogP contribution is 2.28. The predicted molar refractivity (Wildman–Crippen MR) is 73.0 cm³/mol. The quantitative estimate of drug-likeness (QED) is 0.884. The monoisotopic (exact) mass is 318 g/mol. The van der Waals surface area contributed by atoms with E-state index in [1.807, 2.05) is 24.3 Å². The van der Waals surface area contributed by atoms with Crippen LogP contribution in [0.2, 0.25) is 0 Å². The molecule has 2 rings (SSSR count). The maximum atomic E-state index is 11.8. The number of nitrogens with two attached hydrogens (primary N) is 1. The molecule has 0 aromatic heterocycles. The minimum absolute atomic E-state index is 0.177. The van der Waals surface area contributed by atoms with Crippen LogP contribution in [0, 0.1) is 0 Å². The highest BCUT2D eigenvalue weighted by molar-refractivity contribution is 9.10. The molecule has 1 aromatic rings. The van der Waals surface area contributed by atoms with Gasteiger partial charge in [0.2, 0.25) is 0 Å². The summed E-state index contributed by atoms with van der Waals surface area (Å²) in [5.74, 6) is 0.177. The molecule has 1 fully saturated rings. The highest BCUT2D eigenvalue weighted by Gasteiger charge is 2.32. The number of sulfone groups is 1. The molecular weight excluding hydrogens is 304 g/mol. The first kappa shape index (κ1) is 12.9. The van der Waals surface area contributed by atoms with Crippen molar-refractivity contribution < 1.29 is 8.42 Å². The molecule has 94 valence electrons. The third kappa shape index (κ3) is 2.64. The summed E-state index contributed by atoms with van der Waals surface area (Å²) in [6.45, 7) is 1.19. The van der Waals surface area contributed by atoms with Crippen molar-refractivity contribution in [3.8, 4) is 0 Å². The predicted octanol–water partition coefficient (Wildman–Crippen LogP) is 1.01. The Morgan fingerprint density at radius 2 is 2.12 bits per heavy atom. The summed E-state index contributed by atoms with van der Waals surface area (Å²) in [5, 5.41) is -0.455. The zero-order valence-electron chi connectivity index (χ0n) is 9.34. The number of hydrogen-bond acceptors (Lipinski definition) is 4. The van der Waals surface area contributed by atoms with Gasteiger partial charge in [0.25, 0.3) is 0 Å². The average molecular weight is 319 g/mol. The number of hydrogen-bond donors (Lipinski definition) is 1. The standard InChI is InChI=1S/C11H15BrN2O2S/c12-10-3-1-2-4-11(10)14-5-6-17(15,16)9(7-13)8-14/h1-4,9H,5-8,13H2. The number of benzene rings is 1. The van der Waals surface area contributed by atoms with Gasteiger partial charge in [0.15, 0.2) is 9.84 Å². The van der Waals surface area contributed by atoms with Gasteiger partial charge in [-0.25, -0.2) is 8.42 Å². The molecule has 1 aliphatic rings. The van der Waals surface area contributed by atoms with Gasteiger partial charge in [0, 0.05) is 24.1 Å². The second-order valence-corrected chi connectivity index (χ2v) is 7.38. The summed E-state index contributed by atoms with van der Waals surface area (Å²) in [7, 11) is -3.01. The van der Waals surface area contributed by atoms with E-state index in [1.54, 1.807) is 0 Å². The molecule has 0 aliphatic carbocycles. The van der Waals surface area contributed by atoms with Crippen molar-refractivity contribution in [3.63, 3.8) is 0 Å². The molecule has 0 amide bonds. The molecule has 1 aliphatic heterocycles. The molecule has 1 unspecified atom stereocenters. The van der Waals surface area contributed by atoms with Crippen LogP contribution in [0.1, 0.15) is 0 Å². The number of nitrogens with zero attached hydrogens (tertiary/aromatic N) is 1. The Labute approximate surface area is 110 Å². The highest BCUT2D eigenvalue weighted by atomic mass is 79.9. The van der Waals surface area contributed by atoms with Gasteiger partial charge >= 0.3 is 0 Å². The van der Waals surface area contributed by atoms with Crippen LogP contribution in [0.3, 0.4) is 0 Å². The molecule has 17 heavy (non-hydrogen) atoms. The minimum atomic E-state index is -3.01. The second-order valence-electron chi connectivity index (χ2n) is 4.12. The van der Waals surface area contributed by atoms with Gasteiger partial charge in [0.05, 0.1) is 16.7 Å². The lowest BCUT2D eigenvalue weighted by Gasteiger charge is -2.34. The Hall–Kier alpha value is -0.590. The Kier molecular flexibility index (Phi) is 3.75. The summed E-state index contributed by atoms with van der Waals surface area (Å²) < 4.78 is 24.5. The van der Waals surface area contributed by atoms with Crippen molar-refractivity contribution in [2.24, 2.45) is 5.73 Å². The van der Waals surface area contributed by atoms with E-state index in [2.05, 4.69) is 20.8 Å². The van der Waals surface area contributed by atoms with Gasteiger partial charge in [-0.1, -0.05) is 12.1 Å². The fourth-order valence-electron chi connectivity index (χ4n) is 2.00. The average Bonchev–Trinajstić information content (AvgIpc) is 2.30. The van der Waals surface area contributed by atoms with Crippen molar-refractivity contribution in [1.82, 2.24) is 0 Å². The van der Waals surface area contributed by atoms with Gasteiger partial charge in [-0.2, -0.15) is 0 Å². The van der Waals surface area contributed by atoms with Crippen molar-refractivity contribution in [1.29, 1.82) is 0 Å². The summed E-state index contributed by atoms with van der Waals surface area (Å²) >= 11 is 3.48. The summed E-state index contributed by atoms with van der Waals surface area (Å²) in [5.41, 5.74) is 6.57. The minimum Gasteiger partial charge on any atom is -0.368 e. The van der Waals surface area contributed by atoms with E-state index in [0.717, 1.165) is 10.2 Å². The van der Waals surface area contributed by atoms with Gasteiger partial charge in [-0.15, -0.1) is 0 Å². The Morgan fingerprint density at radius 3 is 2.76 bits per heavy atom. The molecule has 1 atom stereocenters. The number of para-hydroxylation sites is 1. The molecular formula is C11H15BrN2O2S. The summed E-state index contributed by atoms with van der Waals surface area (Å²) in [6, 6.07) is 7.82. The van der Waals surface area contributed by atoms with E-state index in [-0.39, 0.29) is 12.3 Å². The maximum Gasteiger partial charge on any atom is 0.157 e. The van der Waals surface area contributed by atoms with Gasteiger partial charge in [-0.3, -0.25) is 0 Å². The number of halogens is 1. The first-order valence-corrected chi connectivity index (χ1v) is 7.96. The lowest BCUT2D eigenvalue weighted by Crippen LogP contribution is -2.50. The first-order valence-electron chi connectivity index (χ1n) is 5.45. The third-order valence-corrected chi connectivity index (χ3v) is 5.81. The second kappa shape index (κ2) is 4.96. The van der Waals surface area contributed by atoms with Crippen LogP contribution < -0.4 is 10.6 Å². The first-order chi connectivity index (χ1) is 8.04. The lowest BCUT2D eigenvalue weighted by atomic mass is 10.2. The molecule has 2 N–H and O–H groups in total. The van der Waals surface area contributed by atoms with Crippen LogP contribution in [0.5, 0.6) is 0 Å². The van der Waals surface area contributed by atoms with E-state index in [0.29, 0.717) is 13.1 Å². The Morgan fingerprint density at radius 1 is 1.41 bits per heavy atom. The summed E-state index contributed by atoms with van der Waals surface area (Å²) in [6.07, 6.45) is 0. The molecule has 0 radical (unpaired) electrons. The maximum absolute atomic E-state index is 11.8. The van der Waals surface area contributed by atoms with E-state index < -0.39 is 15.1 Å². The van der Waals surface area contributed by atoms with E-state index in [1.165, 1.54) is 0 Å². The van der Waals surface area contributed by atoms with Crippen LogP contribution in [-0.4, -0.2) is 39.1 Å².